The minimum absolute atomic E-state index is 0. The van der Waals surface area contributed by atoms with Gasteiger partial charge in [-0.1, -0.05) is 13.8 Å². The highest BCUT2D eigenvalue weighted by Gasteiger charge is 2.25. The van der Waals surface area contributed by atoms with E-state index in [-0.39, 0.29) is 24.0 Å². The van der Waals surface area contributed by atoms with Crippen molar-refractivity contribution < 1.29 is 0 Å². The van der Waals surface area contributed by atoms with Crippen molar-refractivity contribution in [1.29, 1.82) is 0 Å². The molecule has 1 N–H and O–H groups in total. The molecule has 0 spiro atoms. The summed E-state index contributed by atoms with van der Waals surface area (Å²) in [6.45, 7) is 10.5. The summed E-state index contributed by atoms with van der Waals surface area (Å²) in [5, 5.41) is 4.35. The molecule has 0 bridgehead atoms. The number of nitrogens with one attached hydrogen (secondary N) is 1. The summed E-state index contributed by atoms with van der Waals surface area (Å²) in [7, 11) is 4.15. The monoisotopic (exact) mass is 454 g/mol. The molecular formula is C17H35IN4S. The Morgan fingerprint density at radius 3 is 2.57 bits per heavy atom. The molecule has 6 heteroatoms. The van der Waals surface area contributed by atoms with Crippen LogP contribution in [0.15, 0.2) is 4.99 Å². The standard InChI is InChI=1S/C17H34N4S.HI/c1-14(2)16-13-21(11-12-22-16)17(18-3)19-8-5-15-6-9-20(4)10-7-15;/h14-16H,5-13H2,1-4H3,(H,18,19);1H. The maximum Gasteiger partial charge on any atom is 0.193 e. The zero-order valence-electron chi connectivity index (χ0n) is 15.3. The van der Waals surface area contributed by atoms with Crippen LogP contribution in [0.4, 0.5) is 0 Å². The molecule has 0 amide bonds. The molecule has 0 aliphatic carbocycles. The van der Waals surface area contributed by atoms with Crippen molar-refractivity contribution in [2.45, 2.75) is 38.4 Å². The number of rotatable bonds is 4. The van der Waals surface area contributed by atoms with Gasteiger partial charge in [-0.05, 0) is 51.2 Å². The lowest BCUT2D eigenvalue weighted by Crippen LogP contribution is -2.49. The Bertz CT molecular complexity index is 357. The van der Waals surface area contributed by atoms with Crippen LogP contribution in [-0.4, -0.2) is 73.6 Å². The van der Waals surface area contributed by atoms with Gasteiger partial charge in [0.2, 0.25) is 0 Å². The molecule has 23 heavy (non-hydrogen) atoms. The number of hydrogen-bond acceptors (Lipinski definition) is 3. The normalized spacial score (nSPS) is 24.7. The number of halogens is 1. The van der Waals surface area contributed by atoms with E-state index in [0.29, 0.717) is 0 Å². The van der Waals surface area contributed by atoms with Crippen molar-refractivity contribution in [2.75, 3.05) is 52.6 Å². The number of thioether (sulfide) groups is 1. The van der Waals surface area contributed by atoms with Crippen LogP contribution in [0.5, 0.6) is 0 Å². The van der Waals surface area contributed by atoms with Crippen LogP contribution in [0.2, 0.25) is 0 Å². The average molecular weight is 454 g/mol. The van der Waals surface area contributed by atoms with Crippen molar-refractivity contribution in [2.24, 2.45) is 16.8 Å². The van der Waals surface area contributed by atoms with Gasteiger partial charge in [0.1, 0.15) is 0 Å². The van der Waals surface area contributed by atoms with E-state index in [1.807, 2.05) is 7.05 Å². The third-order valence-corrected chi connectivity index (χ3v) is 6.56. The second kappa shape index (κ2) is 11.0. The molecular weight excluding hydrogens is 419 g/mol. The molecule has 2 heterocycles. The molecule has 2 fully saturated rings. The van der Waals surface area contributed by atoms with Gasteiger partial charge < -0.3 is 15.1 Å². The van der Waals surface area contributed by atoms with Crippen LogP contribution in [-0.2, 0) is 0 Å². The van der Waals surface area contributed by atoms with Crippen molar-refractivity contribution in [3.63, 3.8) is 0 Å². The zero-order valence-corrected chi connectivity index (χ0v) is 18.4. The van der Waals surface area contributed by atoms with Gasteiger partial charge in [-0.3, -0.25) is 4.99 Å². The molecule has 0 aromatic carbocycles. The van der Waals surface area contributed by atoms with Gasteiger partial charge in [-0.25, -0.2) is 0 Å². The van der Waals surface area contributed by atoms with Crippen LogP contribution in [0, 0.1) is 11.8 Å². The molecule has 1 unspecified atom stereocenters. The summed E-state index contributed by atoms with van der Waals surface area (Å²) >= 11 is 2.12. The maximum absolute atomic E-state index is 4.51. The third-order valence-electron chi connectivity index (χ3n) is 5.02. The average Bonchev–Trinajstić information content (AvgIpc) is 2.53. The second-order valence-electron chi connectivity index (χ2n) is 7.11. The fraction of sp³-hybridized carbons (Fsp3) is 0.941. The first-order valence-corrected chi connectivity index (χ1v) is 9.90. The predicted molar refractivity (Wildman–Crippen MR) is 114 cm³/mol. The molecule has 2 rings (SSSR count). The van der Waals surface area contributed by atoms with Gasteiger partial charge in [0.25, 0.3) is 0 Å². The van der Waals surface area contributed by atoms with E-state index in [2.05, 4.69) is 52.8 Å². The summed E-state index contributed by atoms with van der Waals surface area (Å²) in [6, 6.07) is 0. The van der Waals surface area contributed by atoms with Crippen LogP contribution in [0.25, 0.3) is 0 Å². The Morgan fingerprint density at radius 1 is 1.26 bits per heavy atom. The highest BCUT2D eigenvalue weighted by Crippen LogP contribution is 2.25. The van der Waals surface area contributed by atoms with Crippen molar-refractivity contribution in [3.8, 4) is 0 Å². The molecule has 0 radical (unpaired) electrons. The summed E-state index contributed by atoms with van der Waals surface area (Å²) in [5.41, 5.74) is 0. The molecule has 2 aliphatic heterocycles. The summed E-state index contributed by atoms with van der Waals surface area (Å²) < 4.78 is 0. The van der Waals surface area contributed by atoms with Gasteiger partial charge in [0, 0.05) is 37.7 Å². The highest BCUT2D eigenvalue weighted by atomic mass is 127. The number of piperidine rings is 1. The van der Waals surface area contributed by atoms with Gasteiger partial charge >= 0.3 is 0 Å². The quantitative estimate of drug-likeness (QED) is 0.402. The van der Waals surface area contributed by atoms with Gasteiger partial charge in [0.05, 0.1) is 0 Å². The topological polar surface area (TPSA) is 30.9 Å². The lowest BCUT2D eigenvalue weighted by Gasteiger charge is -2.36. The van der Waals surface area contributed by atoms with Gasteiger partial charge in [-0.15, -0.1) is 24.0 Å². The van der Waals surface area contributed by atoms with E-state index >= 15 is 0 Å². The largest absolute Gasteiger partial charge is 0.356 e. The summed E-state index contributed by atoms with van der Waals surface area (Å²) in [4.78, 5) is 9.41. The number of nitrogens with zero attached hydrogens (tertiary/aromatic N) is 3. The summed E-state index contributed by atoms with van der Waals surface area (Å²) in [6.07, 6.45) is 3.99. The number of likely N-dealkylation sites (tertiary alicyclic amines) is 1. The number of guanidine groups is 1. The Hall–Kier alpha value is 0.310. The van der Waals surface area contributed by atoms with E-state index in [0.717, 1.165) is 42.7 Å². The molecule has 136 valence electrons. The molecule has 0 aromatic heterocycles. The first kappa shape index (κ1) is 21.4. The first-order valence-electron chi connectivity index (χ1n) is 8.86. The van der Waals surface area contributed by atoms with Crippen molar-refractivity contribution >= 4 is 41.7 Å². The Kier molecular flexibility index (Phi) is 10.2. The Balaban J connectivity index is 0.00000264. The second-order valence-corrected chi connectivity index (χ2v) is 8.46. The SMILES string of the molecule is CN=C(NCCC1CCN(C)CC1)N1CCSC(C(C)C)C1.I. The summed E-state index contributed by atoms with van der Waals surface area (Å²) in [5.74, 6) is 3.96. The van der Waals surface area contributed by atoms with E-state index < -0.39 is 0 Å². The maximum atomic E-state index is 4.51. The fourth-order valence-corrected chi connectivity index (χ4v) is 4.64. The Morgan fingerprint density at radius 2 is 1.96 bits per heavy atom. The van der Waals surface area contributed by atoms with Gasteiger partial charge in [-0.2, -0.15) is 11.8 Å². The van der Waals surface area contributed by atoms with E-state index in [9.17, 15) is 0 Å². The molecule has 4 nitrogen and oxygen atoms in total. The molecule has 0 aromatic rings. The number of hydrogen-bond donors (Lipinski definition) is 1. The molecule has 2 saturated heterocycles. The van der Waals surface area contributed by atoms with Crippen molar-refractivity contribution in [3.05, 3.63) is 0 Å². The fourth-order valence-electron chi connectivity index (χ4n) is 3.34. The van der Waals surface area contributed by atoms with Crippen LogP contribution in [0.1, 0.15) is 33.1 Å². The highest BCUT2D eigenvalue weighted by molar-refractivity contribution is 14.0. The molecule has 0 saturated carbocycles. The number of aliphatic imine (C=N–C) groups is 1. The minimum atomic E-state index is 0. The van der Waals surface area contributed by atoms with E-state index in [4.69, 9.17) is 0 Å². The first-order chi connectivity index (χ1) is 10.6. The predicted octanol–water partition coefficient (Wildman–Crippen LogP) is 2.99. The van der Waals surface area contributed by atoms with E-state index in [1.165, 1.54) is 38.1 Å². The molecule has 1 atom stereocenters. The minimum Gasteiger partial charge on any atom is -0.356 e. The smallest absolute Gasteiger partial charge is 0.193 e. The van der Waals surface area contributed by atoms with E-state index in [1.54, 1.807) is 0 Å². The van der Waals surface area contributed by atoms with Crippen LogP contribution >= 0.6 is 35.7 Å². The lowest BCUT2D eigenvalue weighted by atomic mass is 9.94. The van der Waals surface area contributed by atoms with Crippen LogP contribution in [0.3, 0.4) is 0 Å². The third kappa shape index (κ3) is 6.98. The van der Waals surface area contributed by atoms with Gasteiger partial charge in [0.15, 0.2) is 5.96 Å². The lowest BCUT2D eigenvalue weighted by molar-refractivity contribution is 0.212. The Labute approximate surface area is 164 Å². The molecule has 2 aliphatic rings. The van der Waals surface area contributed by atoms with Crippen LogP contribution < -0.4 is 5.32 Å². The zero-order chi connectivity index (χ0) is 15.9. The van der Waals surface area contributed by atoms with Crippen molar-refractivity contribution in [1.82, 2.24) is 15.1 Å².